The normalized spacial score (nSPS) is 10.7. The Morgan fingerprint density at radius 1 is 1.25 bits per heavy atom. The van der Waals surface area contributed by atoms with Crippen LogP contribution in [0, 0.1) is 21.3 Å². The molecule has 122 valence electrons. The van der Waals surface area contributed by atoms with E-state index in [2.05, 4.69) is 5.10 Å². The van der Waals surface area contributed by atoms with Gasteiger partial charge in [0.2, 0.25) is 5.75 Å². The van der Waals surface area contributed by atoms with E-state index in [0.717, 1.165) is 24.4 Å². The van der Waals surface area contributed by atoms with Gasteiger partial charge in [-0.1, -0.05) is 0 Å². The third-order valence-corrected chi connectivity index (χ3v) is 3.31. The van der Waals surface area contributed by atoms with Crippen LogP contribution in [0.2, 0.25) is 0 Å². The lowest BCUT2D eigenvalue weighted by molar-refractivity contribution is -0.637. The van der Waals surface area contributed by atoms with E-state index < -0.39 is 28.1 Å². The number of aromatic hydroxyl groups is 2. The van der Waals surface area contributed by atoms with E-state index in [4.69, 9.17) is 0 Å². The van der Waals surface area contributed by atoms with Crippen LogP contribution in [0.5, 0.6) is 11.5 Å². The zero-order chi connectivity index (χ0) is 17.4. The third-order valence-electron chi connectivity index (χ3n) is 3.31. The first-order valence-electron chi connectivity index (χ1n) is 6.52. The number of rotatable bonds is 3. The maximum Gasteiger partial charge on any atom is 0.373 e. The van der Waals surface area contributed by atoms with Crippen molar-refractivity contribution in [1.29, 1.82) is 0 Å². The van der Waals surface area contributed by atoms with Gasteiger partial charge in [-0.15, -0.1) is 9.12 Å². The van der Waals surface area contributed by atoms with Crippen LogP contribution in [-0.2, 0) is 0 Å². The van der Waals surface area contributed by atoms with Gasteiger partial charge in [0.05, 0.1) is 28.6 Å². The highest BCUT2D eigenvalue weighted by Crippen LogP contribution is 2.39. The van der Waals surface area contributed by atoms with E-state index in [1.54, 1.807) is 0 Å². The second-order valence-electron chi connectivity index (χ2n) is 4.78. The largest absolute Gasteiger partial charge is 0.617 e. The minimum Gasteiger partial charge on any atom is -0.617 e. The molecule has 3 rings (SSSR count). The Kier molecular flexibility index (Phi) is 3.49. The number of halogens is 1. The summed E-state index contributed by atoms with van der Waals surface area (Å²) in [5.41, 5.74) is -0.0191. The standard InChI is InChI=1S/C14H9FN4O5/c15-13-7-9(2-4-17(13)22)18-10(1-3-16-18)8-5-11(19(23)24)14(21)12(20)6-8/h1-7,20-21H. The molecule has 0 unspecified atom stereocenters. The van der Waals surface area contributed by atoms with Crippen molar-refractivity contribution in [3.8, 4) is 28.4 Å². The fourth-order valence-electron chi connectivity index (χ4n) is 2.20. The quantitative estimate of drug-likeness (QED) is 0.187. The fourth-order valence-corrected chi connectivity index (χ4v) is 2.20. The highest BCUT2D eigenvalue weighted by Gasteiger charge is 2.21. The van der Waals surface area contributed by atoms with E-state index in [9.17, 15) is 29.9 Å². The maximum absolute atomic E-state index is 13.4. The van der Waals surface area contributed by atoms with Crippen molar-refractivity contribution in [1.82, 2.24) is 9.78 Å². The molecular formula is C14H9FN4O5. The van der Waals surface area contributed by atoms with Gasteiger partial charge in [0, 0.05) is 17.7 Å². The number of nitro groups is 1. The number of pyridine rings is 1. The summed E-state index contributed by atoms with van der Waals surface area (Å²) in [4.78, 5) is 10.1. The molecule has 3 aromatic rings. The molecular weight excluding hydrogens is 323 g/mol. The van der Waals surface area contributed by atoms with Gasteiger partial charge in [-0.25, -0.2) is 4.68 Å². The fraction of sp³-hybridized carbons (Fsp3) is 0. The average Bonchev–Trinajstić information content (AvgIpc) is 3.01. The molecule has 0 aliphatic rings. The molecule has 0 saturated heterocycles. The first-order chi connectivity index (χ1) is 11.4. The van der Waals surface area contributed by atoms with Crippen LogP contribution < -0.4 is 4.73 Å². The Balaban J connectivity index is 2.17. The van der Waals surface area contributed by atoms with Crippen LogP contribution >= 0.6 is 0 Å². The molecule has 2 heterocycles. The van der Waals surface area contributed by atoms with Gasteiger partial charge in [-0.2, -0.15) is 5.10 Å². The van der Waals surface area contributed by atoms with E-state index in [0.29, 0.717) is 0 Å². The smallest absolute Gasteiger partial charge is 0.373 e. The SMILES string of the molecule is O=[N+]([O-])c1cc(-c2ccnn2-c2cc[n+]([O-])c(F)c2)cc(O)c1O. The number of hydrogen-bond acceptors (Lipinski definition) is 6. The van der Waals surface area contributed by atoms with E-state index in [1.165, 1.54) is 23.0 Å². The molecule has 24 heavy (non-hydrogen) atoms. The number of nitro benzene ring substituents is 1. The number of hydrogen-bond donors (Lipinski definition) is 2. The molecule has 0 bridgehead atoms. The highest BCUT2D eigenvalue weighted by molar-refractivity contribution is 5.71. The van der Waals surface area contributed by atoms with Crippen LogP contribution in [0.15, 0.2) is 42.7 Å². The van der Waals surface area contributed by atoms with Crippen LogP contribution in [0.1, 0.15) is 0 Å². The summed E-state index contributed by atoms with van der Waals surface area (Å²) < 4.78 is 14.7. The summed E-state index contributed by atoms with van der Waals surface area (Å²) in [5, 5.41) is 45.2. The molecule has 0 aliphatic carbocycles. The van der Waals surface area contributed by atoms with Crippen LogP contribution in [0.25, 0.3) is 16.9 Å². The van der Waals surface area contributed by atoms with E-state index in [-0.39, 0.29) is 21.7 Å². The third kappa shape index (κ3) is 2.45. The molecule has 0 amide bonds. The highest BCUT2D eigenvalue weighted by atomic mass is 19.1. The van der Waals surface area contributed by atoms with Crippen molar-refractivity contribution in [3.05, 3.63) is 64.0 Å². The van der Waals surface area contributed by atoms with Gasteiger partial charge >= 0.3 is 11.6 Å². The van der Waals surface area contributed by atoms with E-state index in [1.807, 2.05) is 0 Å². The number of phenolic OH excluding ortho intramolecular Hbond substituents is 2. The monoisotopic (exact) mass is 332 g/mol. The van der Waals surface area contributed by atoms with Crippen LogP contribution in [0.4, 0.5) is 10.1 Å². The second-order valence-corrected chi connectivity index (χ2v) is 4.78. The van der Waals surface area contributed by atoms with Gasteiger partial charge in [0.1, 0.15) is 0 Å². The average molecular weight is 332 g/mol. The molecule has 0 saturated carbocycles. The molecule has 0 fully saturated rings. The van der Waals surface area contributed by atoms with Crippen molar-refractivity contribution >= 4 is 5.69 Å². The molecule has 2 N–H and O–H groups in total. The molecule has 0 spiro atoms. The lowest BCUT2D eigenvalue weighted by Gasteiger charge is -2.09. The molecule has 10 heteroatoms. The Morgan fingerprint density at radius 3 is 2.67 bits per heavy atom. The summed E-state index contributed by atoms with van der Waals surface area (Å²) >= 11 is 0. The zero-order valence-corrected chi connectivity index (χ0v) is 11.8. The lowest BCUT2D eigenvalue weighted by atomic mass is 10.1. The number of phenols is 2. The summed E-state index contributed by atoms with van der Waals surface area (Å²) in [6.07, 6.45) is 2.31. The Labute approximate surface area is 133 Å². The van der Waals surface area contributed by atoms with Crippen molar-refractivity contribution in [2.75, 3.05) is 0 Å². The molecule has 1 aromatic carbocycles. The summed E-state index contributed by atoms with van der Waals surface area (Å²) in [5.74, 6) is -2.58. The Bertz CT molecular complexity index is 956. The molecule has 0 radical (unpaired) electrons. The van der Waals surface area contributed by atoms with Crippen LogP contribution in [0.3, 0.4) is 0 Å². The van der Waals surface area contributed by atoms with Gasteiger partial charge in [-0.3, -0.25) is 10.1 Å². The van der Waals surface area contributed by atoms with Gasteiger partial charge < -0.3 is 15.4 Å². The van der Waals surface area contributed by atoms with Crippen molar-refractivity contribution in [2.45, 2.75) is 0 Å². The van der Waals surface area contributed by atoms with Gasteiger partial charge in [-0.05, 0) is 12.1 Å². The first-order valence-corrected chi connectivity index (χ1v) is 6.52. The number of aromatic nitrogens is 3. The van der Waals surface area contributed by atoms with E-state index >= 15 is 0 Å². The molecule has 0 aliphatic heterocycles. The molecule has 9 nitrogen and oxygen atoms in total. The zero-order valence-electron chi connectivity index (χ0n) is 11.8. The van der Waals surface area contributed by atoms with Gasteiger partial charge in [0.15, 0.2) is 11.9 Å². The van der Waals surface area contributed by atoms with Crippen molar-refractivity contribution < 1.29 is 24.3 Å². The van der Waals surface area contributed by atoms with Crippen molar-refractivity contribution in [3.63, 3.8) is 0 Å². The Hall–Kier alpha value is -3.69. The second kappa shape index (κ2) is 5.50. The Morgan fingerprint density at radius 2 is 2.00 bits per heavy atom. The van der Waals surface area contributed by atoms with Gasteiger partial charge in [0.25, 0.3) is 0 Å². The predicted octanol–water partition coefficient (Wildman–Crippen LogP) is 1.63. The molecule has 0 atom stereocenters. The number of benzene rings is 1. The topological polar surface area (TPSA) is 128 Å². The summed E-state index contributed by atoms with van der Waals surface area (Å²) in [6, 6.07) is 5.89. The predicted molar refractivity (Wildman–Crippen MR) is 77.9 cm³/mol. The van der Waals surface area contributed by atoms with Crippen LogP contribution in [-0.4, -0.2) is 24.9 Å². The molecule has 2 aromatic heterocycles. The number of nitrogens with zero attached hydrogens (tertiary/aromatic N) is 4. The summed E-state index contributed by atoms with van der Waals surface area (Å²) in [7, 11) is 0. The first kappa shape index (κ1) is 15.2. The lowest BCUT2D eigenvalue weighted by Crippen LogP contribution is -2.30. The van der Waals surface area contributed by atoms with Crippen molar-refractivity contribution in [2.24, 2.45) is 0 Å². The minimum atomic E-state index is -1.05. The minimum absolute atomic E-state index is 0.0316. The summed E-state index contributed by atoms with van der Waals surface area (Å²) in [6.45, 7) is 0. The maximum atomic E-state index is 13.4.